The Morgan fingerprint density at radius 3 is 2.83 bits per heavy atom. The lowest BCUT2D eigenvalue weighted by molar-refractivity contribution is 0.0671. The molecule has 0 aromatic carbocycles. The normalized spacial score (nSPS) is 27.6. The van der Waals surface area contributed by atoms with Gasteiger partial charge in [0.2, 0.25) is 5.56 Å². The molecule has 1 N–H and O–H groups in total. The lowest BCUT2D eigenvalue weighted by Gasteiger charge is -2.30. The number of likely N-dealkylation sites (N-methyl/N-ethyl adjacent to an activating group) is 1. The Labute approximate surface area is 136 Å². The number of nitrogens with one attached hydrogen (secondary N) is 1. The van der Waals surface area contributed by atoms with Crippen LogP contribution in [0, 0.1) is 0 Å². The van der Waals surface area contributed by atoms with Crippen LogP contribution in [-0.2, 0) is 12.8 Å². The highest BCUT2D eigenvalue weighted by Gasteiger charge is 2.40. The molecule has 0 radical (unpaired) electrons. The number of fused-ring (bicyclic) bond motifs is 3. The average Bonchev–Trinajstić information content (AvgIpc) is 2.85. The van der Waals surface area contributed by atoms with Crippen molar-refractivity contribution in [2.75, 3.05) is 20.1 Å². The van der Waals surface area contributed by atoms with E-state index in [-0.39, 0.29) is 11.5 Å². The van der Waals surface area contributed by atoms with E-state index >= 15 is 0 Å². The first-order chi connectivity index (χ1) is 11.1. The van der Waals surface area contributed by atoms with Crippen LogP contribution >= 0.6 is 0 Å². The zero-order chi connectivity index (χ0) is 16.0. The molecule has 1 aromatic rings. The van der Waals surface area contributed by atoms with Gasteiger partial charge in [-0.05, 0) is 64.1 Å². The number of rotatable bonds is 1. The number of aromatic amines is 1. The van der Waals surface area contributed by atoms with Crippen molar-refractivity contribution in [3.63, 3.8) is 0 Å². The number of aryl methyl sites for hydroxylation is 1. The Bertz CT molecular complexity index is 681. The molecular weight excluding hydrogens is 290 g/mol. The number of carbonyl (C=O) groups is 1. The molecule has 3 aliphatic rings. The summed E-state index contributed by atoms with van der Waals surface area (Å²) in [6.45, 7) is 2.01. The zero-order valence-corrected chi connectivity index (χ0v) is 13.8. The largest absolute Gasteiger partial charge is 0.331 e. The number of hydrogen-bond donors (Lipinski definition) is 1. The van der Waals surface area contributed by atoms with Gasteiger partial charge >= 0.3 is 0 Å². The molecule has 2 fully saturated rings. The van der Waals surface area contributed by atoms with Gasteiger partial charge in [-0.2, -0.15) is 0 Å². The Kier molecular flexibility index (Phi) is 3.76. The SMILES string of the molecule is CN1CC[C@@H]2CC[C@H](C1)N2C(=O)c1cc(=O)[nH]c2c1CCCC2. The Morgan fingerprint density at radius 2 is 1.96 bits per heavy atom. The molecule has 2 saturated heterocycles. The Morgan fingerprint density at radius 1 is 1.17 bits per heavy atom. The van der Waals surface area contributed by atoms with Gasteiger partial charge in [0.1, 0.15) is 0 Å². The highest BCUT2D eigenvalue weighted by molar-refractivity contribution is 5.96. The third-order valence-electron chi connectivity index (χ3n) is 5.79. The molecule has 1 amide bonds. The summed E-state index contributed by atoms with van der Waals surface area (Å²) in [4.78, 5) is 32.7. The Hall–Kier alpha value is -1.62. The molecule has 1 aromatic heterocycles. The van der Waals surface area contributed by atoms with Crippen molar-refractivity contribution in [3.8, 4) is 0 Å². The minimum atomic E-state index is -0.131. The number of amides is 1. The summed E-state index contributed by atoms with van der Waals surface area (Å²) in [7, 11) is 2.14. The monoisotopic (exact) mass is 315 g/mol. The molecule has 0 unspecified atom stereocenters. The van der Waals surface area contributed by atoms with Crippen LogP contribution in [0.3, 0.4) is 0 Å². The third kappa shape index (κ3) is 2.61. The van der Waals surface area contributed by atoms with Gasteiger partial charge in [-0.25, -0.2) is 0 Å². The Balaban J connectivity index is 1.72. The lowest BCUT2D eigenvalue weighted by Crippen LogP contribution is -2.43. The molecule has 2 atom stereocenters. The summed E-state index contributed by atoms with van der Waals surface area (Å²) < 4.78 is 0. The van der Waals surface area contributed by atoms with Gasteiger partial charge < -0.3 is 14.8 Å². The van der Waals surface area contributed by atoms with Gasteiger partial charge in [0.25, 0.3) is 5.91 Å². The summed E-state index contributed by atoms with van der Waals surface area (Å²) >= 11 is 0. The van der Waals surface area contributed by atoms with Crippen LogP contribution in [0.15, 0.2) is 10.9 Å². The van der Waals surface area contributed by atoms with Crippen LogP contribution in [-0.4, -0.2) is 52.9 Å². The van der Waals surface area contributed by atoms with Crippen LogP contribution in [0.2, 0.25) is 0 Å². The fraction of sp³-hybridized carbons (Fsp3) is 0.667. The fourth-order valence-corrected chi connectivity index (χ4v) is 4.65. The highest BCUT2D eigenvalue weighted by Crippen LogP contribution is 2.32. The maximum absolute atomic E-state index is 13.3. The van der Waals surface area contributed by atoms with Gasteiger partial charge in [-0.15, -0.1) is 0 Å². The first kappa shape index (κ1) is 14.9. The number of nitrogens with zero attached hydrogens (tertiary/aromatic N) is 2. The van der Waals surface area contributed by atoms with Crippen LogP contribution in [0.5, 0.6) is 0 Å². The van der Waals surface area contributed by atoms with Gasteiger partial charge in [-0.1, -0.05) is 0 Å². The maximum atomic E-state index is 13.3. The van der Waals surface area contributed by atoms with Gasteiger partial charge in [-0.3, -0.25) is 9.59 Å². The zero-order valence-electron chi connectivity index (χ0n) is 13.8. The summed E-state index contributed by atoms with van der Waals surface area (Å²) in [6.07, 6.45) is 7.25. The quantitative estimate of drug-likeness (QED) is 0.856. The molecule has 2 aliphatic heterocycles. The molecule has 124 valence electrons. The lowest BCUT2D eigenvalue weighted by atomic mass is 9.91. The predicted octanol–water partition coefficient (Wildman–Crippen LogP) is 1.56. The van der Waals surface area contributed by atoms with Crippen molar-refractivity contribution in [3.05, 3.63) is 33.2 Å². The third-order valence-corrected chi connectivity index (χ3v) is 5.79. The van der Waals surface area contributed by atoms with Crippen molar-refractivity contribution in [2.45, 2.75) is 57.0 Å². The molecule has 0 saturated carbocycles. The minimum Gasteiger partial charge on any atom is -0.331 e. The van der Waals surface area contributed by atoms with Gasteiger partial charge in [0.15, 0.2) is 0 Å². The number of H-pyrrole nitrogens is 1. The van der Waals surface area contributed by atoms with E-state index < -0.39 is 0 Å². The van der Waals surface area contributed by atoms with Crippen LogP contribution in [0.4, 0.5) is 0 Å². The fourth-order valence-electron chi connectivity index (χ4n) is 4.65. The van der Waals surface area contributed by atoms with Gasteiger partial charge in [0, 0.05) is 36.0 Å². The average molecular weight is 315 g/mol. The molecule has 1 aliphatic carbocycles. The molecule has 2 bridgehead atoms. The van der Waals surface area contributed by atoms with Crippen LogP contribution in [0.1, 0.15) is 53.7 Å². The summed E-state index contributed by atoms with van der Waals surface area (Å²) in [5, 5.41) is 0. The molecule has 5 heteroatoms. The van der Waals surface area contributed by atoms with Gasteiger partial charge in [0.05, 0.1) is 0 Å². The minimum absolute atomic E-state index is 0.0945. The first-order valence-electron chi connectivity index (χ1n) is 8.90. The van der Waals surface area contributed by atoms with E-state index in [1.807, 2.05) is 0 Å². The van der Waals surface area contributed by atoms with E-state index in [2.05, 4.69) is 21.8 Å². The van der Waals surface area contributed by atoms with E-state index in [4.69, 9.17) is 0 Å². The second-order valence-corrected chi connectivity index (χ2v) is 7.36. The van der Waals surface area contributed by atoms with E-state index in [1.54, 1.807) is 6.07 Å². The second kappa shape index (κ2) is 5.78. The maximum Gasteiger partial charge on any atom is 0.254 e. The number of hydrogen-bond acceptors (Lipinski definition) is 3. The van der Waals surface area contributed by atoms with E-state index in [9.17, 15) is 9.59 Å². The van der Waals surface area contributed by atoms with Crippen molar-refractivity contribution in [1.82, 2.24) is 14.8 Å². The second-order valence-electron chi connectivity index (χ2n) is 7.36. The number of pyridine rings is 1. The van der Waals surface area contributed by atoms with E-state index in [0.29, 0.717) is 17.6 Å². The number of likely N-dealkylation sites (tertiary alicyclic amines) is 1. The topological polar surface area (TPSA) is 56.4 Å². The summed E-state index contributed by atoms with van der Waals surface area (Å²) in [5.74, 6) is 0.0945. The first-order valence-corrected chi connectivity index (χ1v) is 8.90. The van der Waals surface area contributed by atoms with E-state index in [1.165, 1.54) is 0 Å². The van der Waals surface area contributed by atoms with Crippen molar-refractivity contribution in [2.24, 2.45) is 0 Å². The highest BCUT2D eigenvalue weighted by atomic mass is 16.2. The molecule has 5 nitrogen and oxygen atoms in total. The van der Waals surface area contributed by atoms with Crippen LogP contribution in [0.25, 0.3) is 0 Å². The molecule has 0 spiro atoms. The molecule has 23 heavy (non-hydrogen) atoms. The standard InChI is InChI=1S/C18H25N3O2/c1-20-9-8-12-6-7-13(11-20)21(12)18(23)15-10-17(22)19-16-5-3-2-4-14(15)16/h10,12-13H,2-9,11H2,1H3,(H,19,22)/t12-,13+/m0/s1. The van der Waals surface area contributed by atoms with Crippen LogP contribution < -0.4 is 5.56 Å². The van der Waals surface area contributed by atoms with Crippen molar-refractivity contribution < 1.29 is 4.79 Å². The van der Waals surface area contributed by atoms with E-state index in [0.717, 1.165) is 69.3 Å². The number of carbonyl (C=O) groups excluding carboxylic acids is 1. The molecule has 3 heterocycles. The predicted molar refractivity (Wildman–Crippen MR) is 88.8 cm³/mol. The van der Waals surface area contributed by atoms with Crippen molar-refractivity contribution in [1.29, 1.82) is 0 Å². The smallest absolute Gasteiger partial charge is 0.254 e. The molecular formula is C18H25N3O2. The van der Waals surface area contributed by atoms with Crippen molar-refractivity contribution >= 4 is 5.91 Å². The number of aromatic nitrogens is 1. The summed E-state index contributed by atoms with van der Waals surface area (Å²) in [6, 6.07) is 2.19. The molecule has 4 rings (SSSR count). The summed E-state index contributed by atoms with van der Waals surface area (Å²) in [5.41, 5.74) is 2.63.